The maximum atomic E-state index is 13.7. The maximum absolute atomic E-state index is 13.7. The van der Waals surface area contributed by atoms with Gasteiger partial charge in [-0.2, -0.15) is 0 Å². The van der Waals surface area contributed by atoms with E-state index in [1.165, 1.54) is 0 Å². The summed E-state index contributed by atoms with van der Waals surface area (Å²) in [7, 11) is 1.99. The van der Waals surface area contributed by atoms with Gasteiger partial charge in [-0.15, -0.1) is 0 Å². The second-order valence-electron chi connectivity index (χ2n) is 13.5. The van der Waals surface area contributed by atoms with Gasteiger partial charge in [0.1, 0.15) is 22.9 Å². The molecule has 4 aliphatic rings. The predicted molar refractivity (Wildman–Crippen MR) is 170 cm³/mol. The lowest BCUT2D eigenvalue weighted by atomic mass is 9.50. The number of aromatic hydroxyl groups is 1. The summed E-state index contributed by atoms with van der Waals surface area (Å²) in [6.45, 7) is 4.75. The number of nitrogens with two attached hydrogens (primary N) is 2. The average Bonchev–Trinajstić information content (AvgIpc) is 3.37. The number of rotatable bonds is 16. The molecule has 11 nitrogen and oxygen atoms in total. The molecule has 1 aromatic rings. The minimum Gasteiger partial charge on any atom is -0.504 e. The summed E-state index contributed by atoms with van der Waals surface area (Å²) in [5.74, 6) is -1.09. The number of ketones is 2. The van der Waals surface area contributed by atoms with Gasteiger partial charge in [-0.1, -0.05) is 45.6 Å². The van der Waals surface area contributed by atoms with Crippen LogP contribution in [-0.4, -0.2) is 76.9 Å². The first-order valence-corrected chi connectivity index (χ1v) is 16.9. The van der Waals surface area contributed by atoms with Crippen molar-refractivity contribution in [2.45, 2.75) is 133 Å². The van der Waals surface area contributed by atoms with E-state index in [0.29, 0.717) is 38.0 Å². The summed E-state index contributed by atoms with van der Waals surface area (Å²) in [4.78, 5) is 54.2. The second kappa shape index (κ2) is 13.8. The van der Waals surface area contributed by atoms with Crippen LogP contribution in [0.1, 0.15) is 102 Å². The molecule has 11 heteroatoms. The minimum absolute atomic E-state index is 0.0507. The molecule has 1 spiro atoms. The molecule has 6 atom stereocenters. The topological polar surface area (TPSA) is 171 Å². The molecule has 46 heavy (non-hydrogen) atoms. The van der Waals surface area contributed by atoms with Gasteiger partial charge in [0.2, 0.25) is 0 Å². The van der Waals surface area contributed by atoms with E-state index in [1.54, 1.807) is 12.1 Å². The van der Waals surface area contributed by atoms with Gasteiger partial charge in [-0.25, -0.2) is 0 Å². The Morgan fingerprint density at radius 3 is 2.26 bits per heavy atom. The van der Waals surface area contributed by atoms with Crippen molar-refractivity contribution in [1.29, 1.82) is 0 Å². The summed E-state index contributed by atoms with van der Waals surface area (Å²) in [5.41, 5.74) is 11.9. The predicted octanol–water partition coefficient (Wildman–Crippen LogP) is 3.50. The summed E-state index contributed by atoms with van der Waals surface area (Å²) in [5, 5.41) is 11.0. The fraction of sp³-hybridized carbons (Fsp3) is 0.657. The maximum Gasteiger partial charge on any atom is 0.313 e. The zero-order valence-corrected chi connectivity index (χ0v) is 27.3. The Kier molecular flexibility index (Phi) is 10.2. The fourth-order valence-electron chi connectivity index (χ4n) is 8.08. The Hall–Kier alpha value is -3.28. The molecule has 2 heterocycles. The monoisotopic (exact) mass is 639 g/mol. The van der Waals surface area contributed by atoms with Crippen molar-refractivity contribution in [2.24, 2.45) is 11.5 Å². The van der Waals surface area contributed by atoms with Crippen LogP contribution in [-0.2, 0) is 40.5 Å². The number of unbranched alkanes of at least 4 members (excludes halogenated alkanes) is 4. The molecule has 5 N–H and O–H groups in total. The Morgan fingerprint density at radius 1 is 1.00 bits per heavy atom. The average molecular weight is 640 g/mol. The van der Waals surface area contributed by atoms with Crippen LogP contribution in [0.5, 0.6) is 11.5 Å². The van der Waals surface area contributed by atoms with Crippen LogP contribution < -0.4 is 16.2 Å². The number of hydrogen-bond acceptors (Lipinski definition) is 11. The zero-order valence-electron chi connectivity index (χ0n) is 27.3. The van der Waals surface area contributed by atoms with Crippen LogP contribution in [0.3, 0.4) is 0 Å². The fourth-order valence-corrected chi connectivity index (χ4v) is 8.08. The first-order chi connectivity index (χ1) is 22.0. The van der Waals surface area contributed by atoms with Crippen molar-refractivity contribution >= 4 is 23.5 Å². The quantitative estimate of drug-likeness (QED) is 0.179. The van der Waals surface area contributed by atoms with E-state index < -0.39 is 41.1 Å². The van der Waals surface area contributed by atoms with Crippen molar-refractivity contribution < 1.29 is 38.5 Å². The third-order valence-electron chi connectivity index (χ3n) is 10.5. The van der Waals surface area contributed by atoms with E-state index in [2.05, 4.69) is 11.8 Å². The molecular formula is C35H49N3O8. The highest BCUT2D eigenvalue weighted by Crippen LogP contribution is 2.66. The van der Waals surface area contributed by atoms with Crippen molar-refractivity contribution in [3.05, 3.63) is 35.1 Å². The highest BCUT2D eigenvalue weighted by Gasteiger charge is 2.74. The molecule has 0 saturated carbocycles. The lowest BCUT2D eigenvalue weighted by molar-refractivity contribution is -0.206. The number of carbonyl (C=O) groups is 4. The molecule has 252 valence electrons. The number of benzene rings is 1. The highest BCUT2D eigenvalue weighted by atomic mass is 16.6. The number of Topliss-reactive ketones (excluding diaryl/α,β-unsaturated/α-hetero) is 2. The van der Waals surface area contributed by atoms with Gasteiger partial charge in [0.05, 0.1) is 36.4 Å². The van der Waals surface area contributed by atoms with Gasteiger partial charge in [0, 0.05) is 24.8 Å². The van der Waals surface area contributed by atoms with E-state index >= 15 is 0 Å². The summed E-state index contributed by atoms with van der Waals surface area (Å²) < 4.78 is 18.9. The van der Waals surface area contributed by atoms with Crippen molar-refractivity contribution in [2.75, 3.05) is 13.6 Å². The third-order valence-corrected chi connectivity index (χ3v) is 10.5. The van der Waals surface area contributed by atoms with Crippen molar-refractivity contribution in [3.8, 4) is 11.5 Å². The molecule has 1 saturated heterocycles. The summed E-state index contributed by atoms with van der Waals surface area (Å²) in [6, 6.07) is 1.28. The van der Waals surface area contributed by atoms with Gasteiger partial charge in [0.15, 0.2) is 17.6 Å². The lowest BCUT2D eigenvalue weighted by Gasteiger charge is -2.62. The Labute approximate surface area is 271 Å². The molecule has 2 aliphatic heterocycles. The molecule has 1 fully saturated rings. The largest absolute Gasteiger partial charge is 0.504 e. The zero-order chi connectivity index (χ0) is 33.2. The lowest BCUT2D eigenvalue weighted by Crippen LogP contribution is -2.75. The first kappa shape index (κ1) is 34.1. The highest BCUT2D eigenvalue weighted by molar-refractivity contribution is 5.89. The van der Waals surface area contributed by atoms with Gasteiger partial charge in [-0.3, -0.25) is 24.1 Å². The molecule has 0 amide bonds. The van der Waals surface area contributed by atoms with E-state index in [0.717, 1.165) is 49.7 Å². The first-order valence-electron chi connectivity index (χ1n) is 16.9. The number of likely N-dealkylation sites (tertiary alicyclic amines) is 1. The van der Waals surface area contributed by atoms with E-state index in [-0.39, 0.29) is 48.4 Å². The molecule has 0 aromatic heterocycles. The van der Waals surface area contributed by atoms with Crippen LogP contribution in [0.2, 0.25) is 0 Å². The molecule has 2 aliphatic carbocycles. The molecule has 0 radical (unpaired) electrons. The van der Waals surface area contributed by atoms with Gasteiger partial charge < -0.3 is 30.8 Å². The van der Waals surface area contributed by atoms with Crippen LogP contribution in [0.4, 0.5) is 0 Å². The number of esters is 2. The van der Waals surface area contributed by atoms with Crippen LogP contribution in [0.25, 0.3) is 0 Å². The third kappa shape index (κ3) is 5.97. The van der Waals surface area contributed by atoms with Crippen LogP contribution in [0, 0.1) is 0 Å². The van der Waals surface area contributed by atoms with Gasteiger partial charge in [-0.05, 0) is 57.0 Å². The van der Waals surface area contributed by atoms with Gasteiger partial charge in [0.25, 0.3) is 0 Å². The number of likely N-dealkylation sites (N-methyl/N-ethyl adjacent to an activating group) is 1. The minimum atomic E-state index is -1.14. The number of phenols is 1. The molecule has 5 rings (SSSR count). The summed E-state index contributed by atoms with van der Waals surface area (Å²) in [6.07, 6.45) is 7.43. The Bertz CT molecular complexity index is 1390. The SMILES string of the molecule is CCCCCC(=O)[C@@H](N)CC(=O)OC1=CC[C@@]2(OC(=O)C[C@H](N)C(=O)CCCCC)[C@H]3Cc4ccc(O)c5c4[C@@]2(CCN3C)[C@H]1O5. The number of piperidine rings is 1. The van der Waals surface area contributed by atoms with E-state index in [1.807, 2.05) is 20.0 Å². The van der Waals surface area contributed by atoms with Crippen molar-refractivity contribution in [3.63, 3.8) is 0 Å². The van der Waals surface area contributed by atoms with E-state index in [9.17, 15) is 24.3 Å². The van der Waals surface area contributed by atoms with Crippen LogP contribution in [0.15, 0.2) is 24.0 Å². The standard InChI is InChI=1S/C35H49N3O8/c1-4-6-8-10-24(39)22(36)19-29(42)44-27-14-15-35(46-30(43)20-23(37)25(40)11-9-7-5-2)28-18-21-12-13-26(41)32-31(21)34(35,33(27)45-32)16-17-38(28)3/h12-14,22-23,28,33,41H,4-11,15-20,36-37H2,1-3H3/t22-,23-,28+,33-,34-,35+/m0/s1. The smallest absolute Gasteiger partial charge is 0.313 e. The van der Waals surface area contributed by atoms with Gasteiger partial charge >= 0.3 is 11.9 Å². The normalized spacial score (nSPS) is 27.1. The second-order valence-corrected chi connectivity index (χ2v) is 13.5. The molecule has 0 unspecified atom stereocenters. The summed E-state index contributed by atoms with van der Waals surface area (Å²) >= 11 is 0. The number of phenolic OH excluding ortho intramolecular Hbond substituents is 1. The molecule has 1 aromatic carbocycles. The number of nitrogens with zero attached hydrogens (tertiary/aromatic N) is 1. The Balaban J connectivity index is 1.44. The molecular weight excluding hydrogens is 590 g/mol. The number of hydrogen-bond donors (Lipinski definition) is 3. The van der Waals surface area contributed by atoms with E-state index in [4.69, 9.17) is 25.7 Å². The number of carbonyl (C=O) groups excluding carboxylic acids is 4. The van der Waals surface area contributed by atoms with Crippen molar-refractivity contribution in [1.82, 2.24) is 4.90 Å². The molecule has 2 bridgehead atoms. The number of ether oxygens (including phenoxy) is 3. The van der Waals surface area contributed by atoms with Crippen LogP contribution >= 0.6 is 0 Å². The Morgan fingerprint density at radius 2 is 1.63 bits per heavy atom.